The molecule has 0 saturated heterocycles. The molecule has 2 rings (SSSR count). The number of rotatable bonds is 6. The molecule has 1 aliphatic carbocycles. The molecule has 4 heteroatoms. The molecule has 0 atom stereocenters. The standard InChI is InChI=1S/C14H20N2O.ClH/c1-11-3-2-4-13(7-11)9-16-14(17)10-15-8-12-5-6-12;/h2-4,7,12,15H,5-6,8-10H2,1H3,(H,16,17);1H. The number of carbonyl (C=O) groups is 1. The molecule has 0 unspecified atom stereocenters. The average Bonchev–Trinajstić information content (AvgIpc) is 3.11. The van der Waals surface area contributed by atoms with Gasteiger partial charge in [0.15, 0.2) is 0 Å². The van der Waals surface area contributed by atoms with E-state index in [4.69, 9.17) is 0 Å². The van der Waals surface area contributed by atoms with E-state index in [-0.39, 0.29) is 18.3 Å². The number of nitrogens with one attached hydrogen (secondary N) is 2. The molecule has 18 heavy (non-hydrogen) atoms. The van der Waals surface area contributed by atoms with E-state index in [2.05, 4.69) is 29.7 Å². The highest BCUT2D eigenvalue weighted by Crippen LogP contribution is 2.27. The van der Waals surface area contributed by atoms with Gasteiger partial charge >= 0.3 is 0 Å². The number of benzene rings is 1. The van der Waals surface area contributed by atoms with Crippen LogP contribution in [0.25, 0.3) is 0 Å². The van der Waals surface area contributed by atoms with Crippen molar-refractivity contribution in [3.8, 4) is 0 Å². The van der Waals surface area contributed by atoms with Crippen LogP contribution in [0.15, 0.2) is 24.3 Å². The molecule has 1 aromatic carbocycles. The van der Waals surface area contributed by atoms with Gasteiger partial charge in [0.05, 0.1) is 6.54 Å². The molecule has 1 amide bonds. The maximum Gasteiger partial charge on any atom is 0.234 e. The number of hydrogen-bond acceptors (Lipinski definition) is 2. The summed E-state index contributed by atoms with van der Waals surface area (Å²) in [7, 11) is 0. The summed E-state index contributed by atoms with van der Waals surface area (Å²) in [5, 5.41) is 6.10. The van der Waals surface area contributed by atoms with Crippen LogP contribution in [-0.2, 0) is 11.3 Å². The van der Waals surface area contributed by atoms with Crippen molar-refractivity contribution < 1.29 is 4.79 Å². The smallest absolute Gasteiger partial charge is 0.234 e. The van der Waals surface area contributed by atoms with Gasteiger partial charge in [0.1, 0.15) is 0 Å². The molecule has 0 aliphatic heterocycles. The molecule has 1 saturated carbocycles. The van der Waals surface area contributed by atoms with Gasteiger partial charge in [-0.15, -0.1) is 12.4 Å². The summed E-state index contributed by atoms with van der Waals surface area (Å²) >= 11 is 0. The van der Waals surface area contributed by atoms with Gasteiger partial charge in [0.2, 0.25) is 5.91 Å². The van der Waals surface area contributed by atoms with Gasteiger partial charge in [-0.05, 0) is 37.8 Å². The number of carbonyl (C=O) groups excluding carboxylic acids is 1. The summed E-state index contributed by atoms with van der Waals surface area (Å²) in [6, 6.07) is 8.20. The zero-order valence-electron chi connectivity index (χ0n) is 10.7. The van der Waals surface area contributed by atoms with Crippen molar-refractivity contribution in [3.63, 3.8) is 0 Å². The molecule has 0 spiro atoms. The molecular formula is C14H21ClN2O. The summed E-state index contributed by atoms with van der Waals surface area (Å²) in [6.45, 7) is 4.09. The molecule has 0 bridgehead atoms. The SMILES string of the molecule is Cc1cccc(CNC(=O)CNCC2CC2)c1.Cl. The monoisotopic (exact) mass is 268 g/mol. The Kier molecular flexibility index (Phi) is 6.16. The Bertz CT molecular complexity index is 391. The Morgan fingerprint density at radius 2 is 2.17 bits per heavy atom. The highest BCUT2D eigenvalue weighted by Gasteiger charge is 2.20. The first-order valence-corrected chi connectivity index (χ1v) is 6.27. The normalized spacial score (nSPS) is 13.8. The average molecular weight is 269 g/mol. The van der Waals surface area contributed by atoms with Crippen molar-refractivity contribution in [2.75, 3.05) is 13.1 Å². The van der Waals surface area contributed by atoms with Gasteiger partial charge in [-0.2, -0.15) is 0 Å². The zero-order valence-corrected chi connectivity index (χ0v) is 11.6. The molecule has 3 nitrogen and oxygen atoms in total. The third-order valence-corrected chi connectivity index (χ3v) is 2.99. The van der Waals surface area contributed by atoms with Crippen molar-refractivity contribution in [2.45, 2.75) is 26.3 Å². The van der Waals surface area contributed by atoms with Crippen LogP contribution in [0.1, 0.15) is 24.0 Å². The first kappa shape index (κ1) is 15.0. The van der Waals surface area contributed by atoms with Crippen LogP contribution < -0.4 is 10.6 Å². The van der Waals surface area contributed by atoms with Crippen LogP contribution in [0.2, 0.25) is 0 Å². The minimum atomic E-state index is 0. The third-order valence-electron chi connectivity index (χ3n) is 2.99. The predicted octanol–water partition coefficient (Wildman–Crippen LogP) is 2.03. The fourth-order valence-corrected chi connectivity index (χ4v) is 1.80. The van der Waals surface area contributed by atoms with Crippen molar-refractivity contribution in [1.82, 2.24) is 10.6 Å². The number of halogens is 1. The Balaban J connectivity index is 0.00000162. The quantitative estimate of drug-likeness (QED) is 0.829. The Morgan fingerprint density at radius 3 is 2.83 bits per heavy atom. The van der Waals surface area contributed by atoms with Crippen LogP contribution in [0, 0.1) is 12.8 Å². The van der Waals surface area contributed by atoms with Crippen molar-refractivity contribution in [1.29, 1.82) is 0 Å². The first-order chi connectivity index (χ1) is 8.24. The lowest BCUT2D eigenvalue weighted by atomic mass is 10.1. The summed E-state index contributed by atoms with van der Waals surface area (Å²) in [6.07, 6.45) is 2.63. The van der Waals surface area contributed by atoms with Gasteiger partial charge in [-0.25, -0.2) is 0 Å². The second kappa shape index (κ2) is 7.39. The lowest BCUT2D eigenvalue weighted by molar-refractivity contribution is -0.120. The van der Waals surface area contributed by atoms with Gasteiger partial charge in [-0.1, -0.05) is 29.8 Å². The zero-order chi connectivity index (χ0) is 12.1. The molecule has 0 aromatic heterocycles. The van der Waals surface area contributed by atoms with Crippen LogP contribution in [0.4, 0.5) is 0 Å². The summed E-state index contributed by atoms with van der Waals surface area (Å²) in [5.41, 5.74) is 2.38. The van der Waals surface area contributed by atoms with E-state index in [0.717, 1.165) is 18.0 Å². The lowest BCUT2D eigenvalue weighted by Crippen LogP contribution is -2.34. The van der Waals surface area contributed by atoms with E-state index < -0.39 is 0 Å². The molecule has 1 aromatic rings. The third kappa shape index (κ3) is 5.52. The maximum absolute atomic E-state index is 11.5. The van der Waals surface area contributed by atoms with E-state index in [9.17, 15) is 4.79 Å². The fraction of sp³-hybridized carbons (Fsp3) is 0.500. The van der Waals surface area contributed by atoms with Crippen LogP contribution in [0.5, 0.6) is 0 Å². The Labute approximate surface area is 115 Å². The predicted molar refractivity (Wildman–Crippen MR) is 75.9 cm³/mol. The van der Waals surface area contributed by atoms with E-state index in [1.165, 1.54) is 18.4 Å². The molecule has 1 fully saturated rings. The fourth-order valence-electron chi connectivity index (χ4n) is 1.80. The topological polar surface area (TPSA) is 41.1 Å². The number of amides is 1. The second-order valence-electron chi connectivity index (χ2n) is 4.84. The van der Waals surface area contributed by atoms with E-state index in [1.807, 2.05) is 12.1 Å². The van der Waals surface area contributed by atoms with Gasteiger partial charge in [0, 0.05) is 6.54 Å². The number of hydrogen-bond donors (Lipinski definition) is 2. The molecular weight excluding hydrogens is 248 g/mol. The molecule has 1 aliphatic rings. The van der Waals surface area contributed by atoms with Gasteiger partial charge < -0.3 is 10.6 Å². The lowest BCUT2D eigenvalue weighted by Gasteiger charge is -2.07. The van der Waals surface area contributed by atoms with Crippen molar-refractivity contribution in [3.05, 3.63) is 35.4 Å². The van der Waals surface area contributed by atoms with Crippen LogP contribution >= 0.6 is 12.4 Å². The van der Waals surface area contributed by atoms with E-state index in [1.54, 1.807) is 0 Å². The minimum Gasteiger partial charge on any atom is -0.351 e. The van der Waals surface area contributed by atoms with Crippen molar-refractivity contribution in [2.24, 2.45) is 5.92 Å². The molecule has 2 N–H and O–H groups in total. The Morgan fingerprint density at radius 1 is 1.39 bits per heavy atom. The maximum atomic E-state index is 11.5. The second-order valence-corrected chi connectivity index (χ2v) is 4.84. The minimum absolute atomic E-state index is 0. The van der Waals surface area contributed by atoms with Gasteiger partial charge in [-0.3, -0.25) is 4.79 Å². The van der Waals surface area contributed by atoms with Crippen LogP contribution in [-0.4, -0.2) is 19.0 Å². The summed E-state index contributed by atoms with van der Waals surface area (Å²) in [4.78, 5) is 11.5. The largest absolute Gasteiger partial charge is 0.351 e. The summed E-state index contributed by atoms with van der Waals surface area (Å²) < 4.78 is 0. The molecule has 0 radical (unpaired) electrons. The van der Waals surface area contributed by atoms with E-state index >= 15 is 0 Å². The summed E-state index contributed by atoms with van der Waals surface area (Å²) in [5.74, 6) is 0.895. The number of aryl methyl sites for hydroxylation is 1. The van der Waals surface area contributed by atoms with E-state index in [0.29, 0.717) is 13.1 Å². The highest BCUT2D eigenvalue weighted by molar-refractivity contribution is 5.85. The molecule has 0 heterocycles. The first-order valence-electron chi connectivity index (χ1n) is 6.27. The molecule has 100 valence electrons. The highest BCUT2D eigenvalue weighted by atomic mass is 35.5. The Hall–Kier alpha value is -1.06. The van der Waals surface area contributed by atoms with Crippen molar-refractivity contribution >= 4 is 18.3 Å². The van der Waals surface area contributed by atoms with Gasteiger partial charge in [0.25, 0.3) is 0 Å². The van der Waals surface area contributed by atoms with Crippen LogP contribution in [0.3, 0.4) is 0 Å².